The van der Waals surface area contributed by atoms with Crippen LogP contribution in [0.2, 0.25) is 0 Å². The van der Waals surface area contributed by atoms with E-state index in [2.05, 4.69) is 130 Å². The first kappa shape index (κ1) is 50.0. The lowest BCUT2D eigenvalue weighted by atomic mass is 9.91. The minimum absolute atomic E-state index is 0.103. The summed E-state index contributed by atoms with van der Waals surface area (Å²) in [5.41, 5.74) is 8.25. The summed E-state index contributed by atoms with van der Waals surface area (Å²) in [7, 11) is 0. The molecule has 0 aliphatic heterocycles. The number of nitrogens with zero attached hydrogens (tertiary/aromatic N) is 2. The molecule has 0 amide bonds. The largest absolute Gasteiger partial charge is 0.371 e. The lowest BCUT2D eigenvalue weighted by Crippen LogP contribution is -2.34. The summed E-state index contributed by atoms with van der Waals surface area (Å²) in [4.78, 5) is 13.4. The van der Waals surface area contributed by atoms with Crippen molar-refractivity contribution in [3.63, 3.8) is 0 Å². The Morgan fingerprint density at radius 1 is 0.403 bits per heavy atom. The van der Waals surface area contributed by atoms with Crippen molar-refractivity contribution < 1.29 is 4.92 Å². The number of benzene rings is 4. The summed E-state index contributed by atoms with van der Waals surface area (Å²) in [6, 6.07) is 33.2. The highest BCUT2D eigenvalue weighted by Gasteiger charge is 2.20. The van der Waals surface area contributed by atoms with Crippen LogP contribution in [0.4, 0.5) is 11.4 Å². The van der Waals surface area contributed by atoms with Crippen LogP contribution in [-0.2, 0) is 0 Å². The van der Waals surface area contributed by atoms with E-state index >= 15 is 0 Å². The molecule has 0 unspecified atom stereocenters. The summed E-state index contributed by atoms with van der Waals surface area (Å²) in [6.45, 7) is 11.7. The Morgan fingerprint density at radius 2 is 0.661 bits per heavy atom. The summed E-state index contributed by atoms with van der Waals surface area (Å²) < 4.78 is 0. The van der Waals surface area contributed by atoms with Crippen molar-refractivity contribution in [2.24, 2.45) is 11.8 Å². The van der Waals surface area contributed by atoms with Crippen LogP contribution < -0.4 is 4.90 Å². The van der Waals surface area contributed by atoms with E-state index in [9.17, 15) is 10.1 Å². The molecule has 0 saturated heterocycles. The van der Waals surface area contributed by atoms with E-state index in [4.69, 9.17) is 0 Å². The van der Waals surface area contributed by atoms with Gasteiger partial charge in [0.05, 0.1) is 4.92 Å². The Kier molecular flexibility index (Phi) is 24.5. The molecule has 4 aromatic carbocycles. The maximum absolute atomic E-state index is 10.9. The Morgan fingerprint density at radius 3 is 0.919 bits per heavy atom. The van der Waals surface area contributed by atoms with Crippen LogP contribution in [-0.4, -0.2) is 18.0 Å². The highest BCUT2D eigenvalue weighted by molar-refractivity contribution is 5.75. The first-order valence-corrected chi connectivity index (χ1v) is 24.7. The molecule has 4 aromatic rings. The van der Waals surface area contributed by atoms with Crippen LogP contribution in [0.25, 0.3) is 36.5 Å². The van der Waals surface area contributed by atoms with E-state index in [1.807, 2.05) is 12.2 Å². The highest BCUT2D eigenvalue weighted by Crippen LogP contribution is 2.28. The van der Waals surface area contributed by atoms with Gasteiger partial charge in [0.25, 0.3) is 5.69 Å². The van der Waals surface area contributed by atoms with Crippen LogP contribution in [0.1, 0.15) is 189 Å². The number of nitro benzene ring substituents is 1. The highest BCUT2D eigenvalue weighted by atomic mass is 16.6. The zero-order chi connectivity index (χ0) is 44.0. The molecule has 0 radical (unpaired) electrons. The van der Waals surface area contributed by atoms with E-state index in [1.165, 1.54) is 170 Å². The molecule has 4 heteroatoms. The number of hydrogen-bond donors (Lipinski definition) is 0. The third-order valence-electron chi connectivity index (χ3n) is 12.5. The van der Waals surface area contributed by atoms with Crippen molar-refractivity contribution in [2.45, 2.75) is 156 Å². The van der Waals surface area contributed by atoms with Gasteiger partial charge in [0.1, 0.15) is 0 Å². The second kappa shape index (κ2) is 30.4. The Balaban J connectivity index is 1.41. The number of non-ortho nitro benzene ring substituents is 1. The maximum atomic E-state index is 10.9. The van der Waals surface area contributed by atoms with Gasteiger partial charge in [0, 0.05) is 30.9 Å². The molecule has 4 nitrogen and oxygen atoms in total. The molecule has 0 aromatic heterocycles. The van der Waals surface area contributed by atoms with Crippen molar-refractivity contribution in [2.75, 3.05) is 18.0 Å². The summed E-state index contributed by atoms with van der Waals surface area (Å²) in [5.74, 6) is 1.54. The van der Waals surface area contributed by atoms with Gasteiger partial charge in [-0.1, -0.05) is 228 Å². The van der Waals surface area contributed by atoms with E-state index < -0.39 is 0 Å². The van der Waals surface area contributed by atoms with E-state index in [1.54, 1.807) is 12.1 Å². The van der Waals surface area contributed by atoms with Gasteiger partial charge in [-0.15, -0.1) is 0 Å². The van der Waals surface area contributed by atoms with Crippen LogP contribution in [0.5, 0.6) is 0 Å². The monoisotopic (exact) mass is 837 g/mol. The number of unbranched alkanes of at least 4 members (excludes halogenated alkanes) is 12. The normalized spacial score (nSPS) is 11.9. The van der Waals surface area contributed by atoms with Gasteiger partial charge in [-0.3, -0.25) is 10.1 Å². The number of rotatable bonds is 32. The van der Waals surface area contributed by atoms with Crippen LogP contribution >= 0.6 is 0 Å². The summed E-state index contributed by atoms with van der Waals surface area (Å²) in [5, 5.41) is 10.9. The van der Waals surface area contributed by atoms with Gasteiger partial charge in [-0.05, 0) is 95.2 Å². The Hall–Kier alpha value is -4.70. The SMILES string of the molecule is CCCCCCC(CCCCCC)CN(CC(CCCCCC)CCCCCC)c1ccc(/C=C/c2ccc(/C=C/c3ccc(/C=C/c4ccc([N+](=O)[O-])cc4)cc3)cc2)cc1. The molecule has 0 heterocycles. The minimum Gasteiger partial charge on any atom is -0.371 e. The van der Waals surface area contributed by atoms with Crippen molar-refractivity contribution in [1.29, 1.82) is 0 Å². The average molecular weight is 837 g/mol. The number of hydrogen-bond acceptors (Lipinski definition) is 3. The van der Waals surface area contributed by atoms with Gasteiger partial charge in [-0.25, -0.2) is 0 Å². The van der Waals surface area contributed by atoms with E-state index in [0.717, 1.165) is 34.1 Å². The van der Waals surface area contributed by atoms with E-state index in [0.29, 0.717) is 0 Å². The molecule has 4 rings (SSSR count). The Bertz CT molecular complexity index is 1800. The van der Waals surface area contributed by atoms with Crippen LogP contribution in [0, 0.1) is 22.0 Å². The predicted octanol–water partition coefficient (Wildman–Crippen LogP) is 18.0. The first-order valence-electron chi connectivity index (χ1n) is 24.7. The molecule has 0 spiro atoms. The molecular weight excluding hydrogens is 757 g/mol. The fraction of sp³-hybridized carbons (Fsp3) is 0.483. The Labute approximate surface area is 377 Å². The fourth-order valence-electron chi connectivity index (χ4n) is 8.52. The van der Waals surface area contributed by atoms with Gasteiger partial charge in [0.15, 0.2) is 0 Å². The smallest absolute Gasteiger partial charge is 0.269 e. The zero-order valence-electron chi connectivity index (χ0n) is 39.1. The molecule has 0 aliphatic rings. The second-order valence-corrected chi connectivity index (χ2v) is 17.8. The minimum atomic E-state index is -0.376. The fourth-order valence-corrected chi connectivity index (χ4v) is 8.52. The number of anilines is 1. The lowest BCUT2D eigenvalue weighted by molar-refractivity contribution is -0.384. The standard InChI is InChI=1S/C58H80N2O2/c1-5-9-13-17-21-55(22-18-14-10-6-2)47-59(48-56(23-19-15-11-7-3)24-20-16-12-8-4)57-43-39-53(40-44-57)37-35-51-31-27-49(28-32-51)25-26-50-29-33-52(34-30-50)36-38-54-41-45-58(46-42-54)60(61)62/h25-46,55-56H,5-24,47-48H2,1-4H3/b26-25+,37-35+,38-36+. The third kappa shape index (κ3) is 20.0. The zero-order valence-corrected chi connectivity index (χ0v) is 39.1. The van der Waals surface area contributed by atoms with Crippen molar-refractivity contribution in [3.05, 3.63) is 141 Å². The molecule has 0 atom stereocenters. The quantitative estimate of drug-likeness (QED) is 0.0213. The molecule has 0 saturated carbocycles. The second-order valence-electron chi connectivity index (χ2n) is 17.8. The topological polar surface area (TPSA) is 46.4 Å². The molecule has 0 fully saturated rings. The molecule has 62 heavy (non-hydrogen) atoms. The van der Waals surface area contributed by atoms with Crippen molar-refractivity contribution in [1.82, 2.24) is 0 Å². The molecule has 334 valence electrons. The van der Waals surface area contributed by atoms with Crippen molar-refractivity contribution >= 4 is 47.8 Å². The first-order chi connectivity index (χ1) is 30.4. The van der Waals surface area contributed by atoms with Gasteiger partial charge in [0.2, 0.25) is 0 Å². The molecule has 0 N–H and O–H groups in total. The molecule has 0 bridgehead atoms. The van der Waals surface area contributed by atoms with Crippen molar-refractivity contribution in [3.8, 4) is 0 Å². The van der Waals surface area contributed by atoms with Gasteiger partial charge >= 0.3 is 0 Å². The maximum Gasteiger partial charge on any atom is 0.269 e. The van der Waals surface area contributed by atoms with Gasteiger partial charge < -0.3 is 4.90 Å². The molecular formula is C58H80N2O2. The summed E-state index contributed by atoms with van der Waals surface area (Å²) in [6.07, 6.45) is 40.0. The van der Waals surface area contributed by atoms with Gasteiger partial charge in [-0.2, -0.15) is 0 Å². The van der Waals surface area contributed by atoms with Crippen LogP contribution in [0.3, 0.4) is 0 Å². The number of nitro groups is 1. The average Bonchev–Trinajstić information content (AvgIpc) is 3.30. The lowest BCUT2D eigenvalue weighted by Gasteiger charge is -2.33. The molecule has 0 aliphatic carbocycles. The third-order valence-corrected chi connectivity index (χ3v) is 12.5. The summed E-state index contributed by atoms with van der Waals surface area (Å²) >= 11 is 0. The van der Waals surface area contributed by atoms with E-state index in [-0.39, 0.29) is 10.6 Å². The van der Waals surface area contributed by atoms with Crippen LogP contribution in [0.15, 0.2) is 97.1 Å². The predicted molar refractivity (Wildman–Crippen MR) is 273 cm³/mol.